The summed E-state index contributed by atoms with van der Waals surface area (Å²) in [5, 5.41) is 0.717. The predicted molar refractivity (Wildman–Crippen MR) is 147 cm³/mol. The first kappa shape index (κ1) is 25.0. The number of nitrogens with zero attached hydrogens (tertiary/aromatic N) is 4. The lowest BCUT2D eigenvalue weighted by atomic mass is 10.1. The zero-order chi connectivity index (χ0) is 26.1. The van der Waals surface area contributed by atoms with Gasteiger partial charge in [0.25, 0.3) is 5.91 Å². The first-order chi connectivity index (χ1) is 17.8. The molecular weight excluding hydrogens is 484 g/mol. The number of carbonyl (C=O) groups excluding carboxylic acids is 2. The average Bonchev–Trinajstić information content (AvgIpc) is 3.19. The fraction of sp³-hybridized carbons (Fsp3) is 0.300. The molecule has 1 fully saturated rings. The molecule has 2 amide bonds. The normalized spacial score (nSPS) is 13.8. The molecule has 0 bridgehead atoms. The highest BCUT2D eigenvalue weighted by Gasteiger charge is 2.23. The maximum absolute atomic E-state index is 13.0. The summed E-state index contributed by atoms with van der Waals surface area (Å²) in [6.07, 6.45) is 0.677. The van der Waals surface area contributed by atoms with Crippen molar-refractivity contribution >= 4 is 34.4 Å². The van der Waals surface area contributed by atoms with E-state index in [4.69, 9.17) is 16.6 Å². The van der Waals surface area contributed by atoms with Crippen LogP contribution in [0.3, 0.4) is 0 Å². The SMILES string of the molecule is CC(=O)N1CCN(C(=O)c2ccc(Cn3c(Cc4cccc(Cl)c4)nc4cc(C)c(C)cc43)cc2)CC1. The average molecular weight is 515 g/mol. The van der Waals surface area contributed by atoms with Crippen molar-refractivity contribution in [3.05, 3.63) is 99.3 Å². The second-order valence-electron chi connectivity index (χ2n) is 9.84. The van der Waals surface area contributed by atoms with Gasteiger partial charge < -0.3 is 14.4 Å². The highest BCUT2D eigenvalue weighted by atomic mass is 35.5. The van der Waals surface area contributed by atoms with Crippen molar-refractivity contribution in [2.24, 2.45) is 0 Å². The van der Waals surface area contributed by atoms with Gasteiger partial charge in [0.05, 0.1) is 11.0 Å². The van der Waals surface area contributed by atoms with E-state index in [0.29, 0.717) is 44.7 Å². The topological polar surface area (TPSA) is 58.4 Å². The predicted octanol–water partition coefficient (Wildman–Crippen LogP) is 5.25. The zero-order valence-corrected chi connectivity index (χ0v) is 22.3. The number of piperazine rings is 1. The molecule has 5 rings (SSSR count). The lowest BCUT2D eigenvalue weighted by molar-refractivity contribution is -0.130. The molecule has 0 spiro atoms. The number of amides is 2. The van der Waals surface area contributed by atoms with Gasteiger partial charge in [-0.2, -0.15) is 0 Å². The molecule has 0 radical (unpaired) electrons. The minimum Gasteiger partial charge on any atom is -0.339 e. The van der Waals surface area contributed by atoms with Crippen molar-refractivity contribution in [3.63, 3.8) is 0 Å². The largest absolute Gasteiger partial charge is 0.339 e. The summed E-state index contributed by atoms with van der Waals surface area (Å²) in [5.41, 5.74) is 7.42. The number of fused-ring (bicyclic) bond motifs is 1. The number of aryl methyl sites for hydroxylation is 2. The molecule has 0 saturated carbocycles. The van der Waals surface area contributed by atoms with E-state index in [2.05, 4.69) is 36.6 Å². The Kier molecular flexibility index (Phi) is 7.02. The van der Waals surface area contributed by atoms with Gasteiger partial charge in [-0.25, -0.2) is 4.98 Å². The number of halogens is 1. The van der Waals surface area contributed by atoms with E-state index in [1.165, 1.54) is 11.1 Å². The molecule has 1 aliphatic rings. The summed E-state index contributed by atoms with van der Waals surface area (Å²) < 4.78 is 2.26. The number of hydrogen-bond acceptors (Lipinski definition) is 3. The Labute approximate surface area is 222 Å². The van der Waals surface area contributed by atoms with Gasteiger partial charge in [0.1, 0.15) is 5.82 Å². The molecule has 0 unspecified atom stereocenters. The number of benzene rings is 3. The minimum absolute atomic E-state index is 0.00979. The Morgan fingerprint density at radius 3 is 2.22 bits per heavy atom. The second kappa shape index (κ2) is 10.4. The maximum atomic E-state index is 13.0. The van der Waals surface area contributed by atoms with E-state index in [0.717, 1.165) is 33.0 Å². The molecule has 6 nitrogen and oxygen atoms in total. The standard InChI is InChI=1S/C30H31ClN4O2/c1-20-15-27-28(16-21(20)2)35(29(32-27)18-24-5-4-6-26(31)17-24)19-23-7-9-25(10-8-23)30(37)34-13-11-33(12-14-34)22(3)36/h4-10,15-17H,11-14,18-19H2,1-3H3. The van der Waals surface area contributed by atoms with E-state index in [9.17, 15) is 9.59 Å². The summed E-state index contributed by atoms with van der Waals surface area (Å²) in [6, 6.07) is 20.1. The van der Waals surface area contributed by atoms with Crippen LogP contribution in [0.15, 0.2) is 60.7 Å². The number of carbonyl (C=O) groups is 2. The van der Waals surface area contributed by atoms with Crippen LogP contribution >= 0.6 is 11.6 Å². The first-order valence-electron chi connectivity index (χ1n) is 12.6. The van der Waals surface area contributed by atoms with Crippen molar-refractivity contribution in [1.82, 2.24) is 19.4 Å². The molecule has 1 aliphatic heterocycles. The Morgan fingerprint density at radius 1 is 0.865 bits per heavy atom. The smallest absolute Gasteiger partial charge is 0.253 e. The monoisotopic (exact) mass is 514 g/mol. The molecule has 0 N–H and O–H groups in total. The third kappa shape index (κ3) is 5.39. The van der Waals surface area contributed by atoms with Crippen molar-refractivity contribution in [2.45, 2.75) is 33.7 Å². The van der Waals surface area contributed by atoms with Crippen molar-refractivity contribution < 1.29 is 9.59 Å². The van der Waals surface area contributed by atoms with Crippen molar-refractivity contribution in [1.29, 1.82) is 0 Å². The summed E-state index contributed by atoms with van der Waals surface area (Å²) in [7, 11) is 0. The van der Waals surface area contributed by atoms with Gasteiger partial charge in [-0.05, 0) is 72.5 Å². The van der Waals surface area contributed by atoms with Crippen LogP contribution in [0.1, 0.15) is 45.4 Å². The van der Waals surface area contributed by atoms with Gasteiger partial charge in [-0.1, -0.05) is 35.9 Å². The molecule has 4 aromatic rings. The van der Waals surface area contributed by atoms with E-state index < -0.39 is 0 Å². The number of imidazole rings is 1. The molecule has 2 heterocycles. The highest BCUT2D eigenvalue weighted by molar-refractivity contribution is 6.30. The highest BCUT2D eigenvalue weighted by Crippen LogP contribution is 2.25. The van der Waals surface area contributed by atoms with Gasteiger partial charge in [-0.3, -0.25) is 9.59 Å². The van der Waals surface area contributed by atoms with Crippen molar-refractivity contribution in [2.75, 3.05) is 26.2 Å². The third-order valence-electron chi connectivity index (χ3n) is 7.25. The van der Waals surface area contributed by atoms with Gasteiger partial charge in [0, 0.05) is 56.7 Å². The van der Waals surface area contributed by atoms with Gasteiger partial charge in [-0.15, -0.1) is 0 Å². The van der Waals surface area contributed by atoms with Crippen LogP contribution in [0.4, 0.5) is 0 Å². The minimum atomic E-state index is 0.00979. The van der Waals surface area contributed by atoms with Gasteiger partial charge >= 0.3 is 0 Å². The molecule has 7 heteroatoms. The molecular formula is C30H31ClN4O2. The first-order valence-corrected chi connectivity index (χ1v) is 13.0. The summed E-state index contributed by atoms with van der Waals surface area (Å²) in [5.74, 6) is 1.05. The lowest BCUT2D eigenvalue weighted by Crippen LogP contribution is -2.50. The molecule has 0 aliphatic carbocycles. The Morgan fingerprint density at radius 2 is 1.54 bits per heavy atom. The summed E-state index contributed by atoms with van der Waals surface area (Å²) >= 11 is 6.24. The van der Waals surface area contributed by atoms with E-state index in [1.54, 1.807) is 11.8 Å². The number of rotatable bonds is 5. The van der Waals surface area contributed by atoms with Crippen LogP contribution in [-0.2, 0) is 17.8 Å². The summed E-state index contributed by atoms with van der Waals surface area (Å²) in [6.45, 7) is 8.75. The van der Waals surface area contributed by atoms with E-state index in [1.807, 2.05) is 47.4 Å². The zero-order valence-electron chi connectivity index (χ0n) is 21.5. The Balaban J connectivity index is 1.39. The molecule has 37 heavy (non-hydrogen) atoms. The number of hydrogen-bond donors (Lipinski definition) is 0. The quantitative estimate of drug-likeness (QED) is 0.365. The number of aromatic nitrogens is 2. The fourth-order valence-corrected chi connectivity index (χ4v) is 5.13. The fourth-order valence-electron chi connectivity index (χ4n) is 4.91. The maximum Gasteiger partial charge on any atom is 0.253 e. The van der Waals surface area contributed by atoms with Gasteiger partial charge in [0.15, 0.2) is 0 Å². The third-order valence-corrected chi connectivity index (χ3v) is 7.48. The molecule has 3 aromatic carbocycles. The van der Waals surface area contributed by atoms with Crippen molar-refractivity contribution in [3.8, 4) is 0 Å². The summed E-state index contributed by atoms with van der Waals surface area (Å²) in [4.78, 5) is 33.2. The van der Waals surface area contributed by atoms with Crippen LogP contribution in [-0.4, -0.2) is 57.3 Å². The Bertz CT molecular complexity index is 1470. The van der Waals surface area contributed by atoms with Crippen LogP contribution in [0.25, 0.3) is 11.0 Å². The van der Waals surface area contributed by atoms with E-state index in [-0.39, 0.29) is 11.8 Å². The van der Waals surface area contributed by atoms with Gasteiger partial charge in [0.2, 0.25) is 5.91 Å². The Hall–Kier alpha value is -3.64. The van der Waals surface area contributed by atoms with Crippen LogP contribution < -0.4 is 0 Å². The second-order valence-corrected chi connectivity index (χ2v) is 10.3. The molecule has 1 saturated heterocycles. The molecule has 1 aromatic heterocycles. The molecule has 190 valence electrons. The lowest BCUT2D eigenvalue weighted by Gasteiger charge is -2.34. The van der Waals surface area contributed by atoms with Crippen LogP contribution in [0, 0.1) is 13.8 Å². The van der Waals surface area contributed by atoms with E-state index >= 15 is 0 Å². The van der Waals surface area contributed by atoms with Crippen LogP contribution in [0.5, 0.6) is 0 Å². The van der Waals surface area contributed by atoms with Crippen LogP contribution in [0.2, 0.25) is 5.02 Å². The molecule has 0 atom stereocenters.